The van der Waals surface area contributed by atoms with Crippen LogP contribution in [-0.4, -0.2) is 56.3 Å². The van der Waals surface area contributed by atoms with Gasteiger partial charge in [0, 0.05) is 37.4 Å². The van der Waals surface area contributed by atoms with Gasteiger partial charge in [-0.3, -0.25) is 9.69 Å². The van der Waals surface area contributed by atoms with Crippen molar-refractivity contribution in [2.24, 2.45) is 0 Å². The summed E-state index contributed by atoms with van der Waals surface area (Å²) in [4.78, 5) is 14.7. The van der Waals surface area contributed by atoms with E-state index in [4.69, 9.17) is 4.74 Å². The van der Waals surface area contributed by atoms with Crippen molar-refractivity contribution in [3.8, 4) is 5.75 Å². The SMILES string of the molecule is CC(C)N(C)S(=O)(=O)c1ccc(NC(=O)CN2CCOc3ccccc3C2)cc1. The molecule has 1 N–H and O–H groups in total. The second-order valence-corrected chi connectivity index (χ2v) is 9.35. The Balaban J connectivity index is 1.61. The van der Waals surface area contributed by atoms with Gasteiger partial charge in [-0.2, -0.15) is 4.31 Å². The largest absolute Gasteiger partial charge is 0.492 e. The molecule has 0 unspecified atom stereocenters. The van der Waals surface area contributed by atoms with Gasteiger partial charge in [-0.1, -0.05) is 18.2 Å². The topological polar surface area (TPSA) is 79.0 Å². The zero-order valence-electron chi connectivity index (χ0n) is 17.0. The van der Waals surface area contributed by atoms with Gasteiger partial charge in [-0.25, -0.2) is 8.42 Å². The molecule has 3 rings (SSSR count). The molecule has 0 bridgehead atoms. The zero-order valence-corrected chi connectivity index (χ0v) is 17.8. The number of benzene rings is 2. The number of rotatable bonds is 6. The number of carbonyl (C=O) groups excluding carboxylic acids is 1. The highest BCUT2D eigenvalue weighted by Crippen LogP contribution is 2.22. The Morgan fingerprint density at radius 1 is 1.17 bits per heavy atom. The summed E-state index contributed by atoms with van der Waals surface area (Å²) in [7, 11) is -1.99. The summed E-state index contributed by atoms with van der Waals surface area (Å²) in [6.07, 6.45) is 0. The fraction of sp³-hybridized carbons (Fsp3) is 0.381. The quantitative estimate of drug-likeness (QED) is 0.782. The maximum Gasteiger partial charge on any atom is 0.243 e. The number of fused-ring (bicyclic) bond motifs is 1. The number of hydrogen-bond donors (Lipinski definition) is 1. The van der Waals surface area contributed by atoms with Crippen LogP contribution >= 0.6 is 0 Å². The molecule has 1 aliphatic heterocycles. The summed E-state index contributed by atoms with van der Waals surface area (Å²) in [5.41, 5.74) is 1.62. The molecule has 0 aliphatic carbocycles. The van der Waals surface area contributed by atoms with E-state index in [0.29, 0.717) is 25.4 Å². The smallest absolute Gasteiger partial charge is 0.243 e. The third-order valence-corrected chi connectivity index (χ3v) is 6.99. The lowest BCUT2D eigenvalue weighted by Crippen LogP contribution is -2.34. The van der Waals surface area contributed by atoms with E-state index in [2.05, 4.69) is 5.32 Å². The van der Waals surface area contributed by atoms with E-state index >= 15 is 0 Å². The van der Waals surface area contributed by atoms with Crippen molar-refractivity contribution in [2.75, 3.05) is 32.1 Å². The zero-order chi connectivity index (χ0) is 21.0. The molecule has 1 aliphatic rings. The maximum atomic E-state index is 12.5. The van der Waals surface area contributed by atoms with E-state index < -0.39 is 10.0 Å². The lowest BCUT2D eigenvalue weighted by Gasteiger charge is -2.21. The van der Waals surface area contributed by atoms with Crippen LogP contribution in [0, 0.1) is 0 Å². The minimum absolute atomic E-state index is 0.137. The van der Waals surface area contributed by atoms with Crippen LogP contribution in [0.3, 0.4) is 0 Å². The molecule has 0 aromatic heterocycles. The average molecular weight is 418 g/mol. The van der Waals surface area contributed by atoms with Gasteiger partial charge in [0.2, 0.25) is 15.9 Å². The number of sulfonamides is 1. The molecular weight excluding hydrogens is 390 g/mol. The van der Waals surface area contributed by atoms with Crippen LogP contribution in [-0.2, 0) is 21.4 Å². The summed E-state index contributed by atoms with van der Waals surface area (Å²) in [5, 5.41) is 2.83. The summed E-state index contributed by atoms with van der Waals surface area (Å²) in [6.45, 7) is 5.69. The molecule has 0 radical (unpaired) electrons. The molecule has 8 heteroatoms. The first-order valence-corrected chi connectivity index (χ1v) is 11.0. The second-order valence-electron chi connectivity index (χ2n) is 7.35. The standard InChI is InChI=1S/C21H27N3O4S/c1-16(2)23(3)29(26,27)19-10-8-18(9-11-19)22-21(25)15-24-12-13-28-20-7-5-4-6-17(20)14-24/h4-11,16H,12-15H2,1-3H3,(H,22,25). The predicted molar refractivity (Wildman–Crippen MR) is 112 cm³/mol. The van der Waals surface area contributed by atoms with Gasteiger partial charge in [0.15, 0.2) is 0 Å². The molecule has 1 heterocycles. The van der Waals surface area contributed by atoms with E-state index in [1.165, 1.54) is 16.4 Å². The molecule has 1 amide bonds. The molecule has 29 heavy (non-hydrogen) atoms. The minimum atomic E-state index is -3.54. The molecule has 0 atom stereocenters. The van der Waals surface area contributed by atoms with Crippen molar-refractivity contribution in [3.63, 3.8) is 0 Å². The molecule has 0 saturated carbocycles. The van der Waals surface area contributed by atoms with Crippen molar-refractivity contribution >= 4 is 21.6 Å². The van der Waals surface area contributed by atoms with Gasteiger partial charge in [0.05, 0.1) is 11.4 Å². The van der Waals surface area contributed by atoms with Gasteiger partial charge >= 0.3 is 0 Å². The lowest BCUT2D eigenvalue weighted by atomic mass is 10.2. The van der Waals surface area contributed by atoms with Gasteiger partial charge < -0.3 is 10.1 Å². The molecule has 2 aromatic rings. The van der Waals surface area contributed by atoms with Crippen LogP contribution in [0.1, 0.15) is 19.4 Å². The normalized spacial score (nSPS) is 14.9. The fourth-order valence-corrected chi connectivity index (χ4v) is 4.44. The van der Waals surface area contributed by atoms with E-state index in [1.807, 2.05) is 43.0 Å². The Morgan fingerprint density at radius 3 is 2.55 bits per heavy atom. The monoisotopic (exact) mass is 417 g/mol. The average Bonchev–Trinajstić information content (AvgIpc) is 2.89. The lowest BCUT2D eigenvalue weighted by molar-refractivity contribution is -0.117. The van der Waals surface area contributed by atoms with Crippen molar-refractivity contribution in [2.45, 2.75) is 31.3 Å². The number of nitrogens with one attached hydrogen (secondary N) is 1. The molecular formula is C21H27N3O4S. The summed E-state index contributed by atoms with van der Waals surface area (Å²) >= 11 is 0. The summed E-state index contributed by atoms with van der Waals surface area (Å²) in [6, 6.07) is 13.9. The van der Waals surface area contributed by atoms with Crippen LogP contribution in [0.5, 0.6) is 5.75 Å². The fourth-order valence-electron chi connectivity index (χ4n) is 3.07. The van der Waals surface area contributed by atoms with E-state index in [9.17, 15) is 13.2 Å². The van der Waals surface area contributed by atoms with Crippen LogP contribution in [0.25, 0.3) is 0 Å². The minimum Gasteiger partial charge on any atom is -0.492 e. The van der Waals surface area contributed by atoms with Crippen molar-refractivity contribution in [3.05, 3.63) is 54.1 Å². The van der Waals surface area contributed by atoms with E-state index in [1.54, 1.807) is 19.2 Å². The second kappa shape index (κ2) is 8.94. The molecule has 2 aromatic carbocycles. The predicted octanol–water partition coefficient (Wildman–Crippen LogP) is 2.55. The number of nitrogens with zero attached hydrogens (tertiary/aromatic N) is 2. The maximum absolute atomic E-state index is 12.5. The Hall–Kier alpha value is -2.42. The summed E-state index contributed by atoms with van der Waals surface area (Å²) in [5.74, 6) is 0.706. The van der Waals surface area contributed by atoms with Gasteiger partial charge in [-0.05, 0) is 44.2 Å². The first-order chi connectivity index (χ1) is 13.8. The van der Waals surface area contributed by atoms with Crippen molar-refractivity contribution in [1.29, 1.82) is 0 Å². The van der Waals surface area contributed by atoms with Crippen molar-refractivity contribution < 1.29 is 17.9 Å². The number of carbonyl (C=O) groups is 1. The number of anilines is 1. The molecule has 0 fully saturated rings. The first kappa shape index (κ1) is 21.3. The molecule has 7 nitrogen and oxygen atoms in total. The number of ether oxygens (including phenoxy) is 1. The Bertz CT molecular complexity index is 958. The number of hydrogen-bond acceptors (Lipinski definition) is 5. The van der Waals surface area contributed by atoms with Gasteiger partial charge in [0.1, 0.15) is 12.4 Å². The first-order valence-electron chi connectivity index (χ1n) is 9.58. The third-order valence-electron chi connectivity index (χ3n) is 4.94. The van der Waals surface area contributed by atoms with E-state index in [-0.39, 0.29) is 23.4 Å². The van der Waals surface area contributed by atoms with Crippen LogP contribution < -0.4 is 10.1 Å². The third kappa shape index (κ3) is 5.14. The van der Waals surface area contributed by atoms with Gasteiger partial charge in [0.25, 0.3) is 0 Å². The Labute approximate surface area is 172 Å². The number of amides is 1. The Kier molecular flexibility index (Phi) is 6.56. The van der Waals surface area contributed by atoms with Crippen LogP contribution in [0.15, 0.2) is 53.4 Å². The highest BCUT2D eigenvalue weighted by Gasteiger charge is 2.23. The molecule has 156 valence electrons. The van der Waals surface area contributed by atoms with Crippen LogP contribution in [0.2, 0.25) is 0 Å². The molecule has 0 spiro atoms. The number of para-hydroxylation sites is 1. The highest BCUT2D eigenvalue weighted by atomic mass is 32.2. The molecule has 0 saturated heterocycles. The summed E-state index contributed by atoms with van der Waals surface area (Å²) < 4.78 is 32.1. The van der Waals surface area contributed by atoms with Gasteiger partial charge in [-0.15, -0.1) is 0 Å². The Morgan fingerprint density at radius 2 is 1.86 bits per heavy atom. The van der Waals surface area contributed by atoms with Crippen LogP contribution in [0.4, 0.5) is 5.69 Å². The van der Waals surface area contributed by atoms with E-state index in [0.717, 1.165) is 11.3 Å². The highest BCUT2D eigenvalue weighted by molar-refractivity contribution is 7.89. The van der Waals surface area contributed by atoms with Crippen molar-refractivity contribution in [1.82, 2.24) is 9.21 Å².